The van der Waals surface area contributed by atoms with Crippen LogP contribution in [0.1, 0.15) is 23.6 Å². The fourth-order valence-electron chi connectivity index (χ4n) is 3.17. The molecule has 0 radical (unpaired) electrons. The van der Waals surface area contributed by atoms with Gasteiger partial charge in [-0.3, -0.25) is 4.79 Å². The summed E-state index contributed by atoms with van der Waals surface area (Å²) in [4.78, 5) is 13.1. The molecular weight excluding hydrogens is 491 g/mol. The fraction of sp³-hybridized carbons (Fsp3) is 0.160. The summed E-state index contributed by atoms with van der Waals surface area (Å²) in [6, 6.07) is 20.1. The van der Waals surface area contributed by atoms with E-state index < -0.39 is 0 Å². The maximum absolute atomic E-state index is 13.0. The molecule has 0 spiro atoms. The van der Waals surface area contributed by atoms with E-state index in [9.17, 15) is 9.18 Å². The summed E-state index contributed by atoms with van der Waals surface area (Å²) in [6.45, 7) is 2.46. The molecule has 0 saturated carbocycles. The van der Waals surface area contributed by atoms with Crippen LogP contribution in [0.15, 0.2) is 76.1 Å². The summed E-state index contributed by atoms with van der Waals surface area (Å²) in [5, 5.41) is 6.28. The second kappa shape index (κ2) is 10.2. The van der Waals surface area contributed by atoms with Crippen LogP contribution in [0.5, 0.6) is 5.75 Å². The van der Waals surface area contributed by atoms with Gasteiger partial charge >= 0.3 is 0 Å². The number of anilines is 1. The summed E-state index contributed by atoms with van der Waals surface area (Å²) in [6.07, 6.45) is 2.85. The number of aryl methyl sites for hydroxylation is 1. The molecule has 0 aliphatic carbocycles. The van der Waals surface area contributed by atoms with Crippen LogP contribution >= 0.6 is 27.7 Å². The third-order valence-electron chi connectivity index (χ3n) is 4.95. The van der Waals surface area contributed by atoms with Gasteiger partial charge in [-0.05, 0) is 81.5 Å². The lowest BCUT2D eigenvalue weighted by Crippen LogP contribution is -2.30. The maximum Gasteiger partial charge on any atom is 0.260 e. The van der Waals surface area contributed by atoms with Crippen LogP contribution in [0.4, 0.5) is 10.1 Å². The molecule has 3 aromatic rings. The Balaban J connectivity index is 1.38. The molecule has 1 amide bonds. The van der Waals surface area contributed by atoms with Gasteiger partial charge in [0.05, 0.1) is 9.38 Å². The number of carbonyl (C=O) groups is 1. The molecule has 0 unspecified atom stereocenters. The van der Waals surface area contributed by atoms with Gasteiger partial charge in [0.25, 0.3) is 5.91 Å². The Morgan fingerprint density at radius 2 is 1.81 bits per heavy atom. The molecule has 1 atom stereocenters. The van der Waals surface area contributed by atoms with Crippen LogP contribution in [-0.4, -0.2) is 11.4 Å². The summed E-state index contributed by atoms with van der Waals surface area (Å²) in [7, 11) is 0. The number of thioether (sulfide) groups is 1. The zero-order valence-corrected chi connectivity index (χ0v) is 19.8. The maximum atomic E-state index is 13.0. The number of nitrogens with one attached hydrogen (secondary N) is 2. The van der Waals surface area contributed by atoms with Crippen molar-refractivity contribution in [2.24, 2.45) is 0 Å². The predicted molar refractivity (Wildman–Crippen MR) is 132 cm³/mol. The third kappa shape index (κ3) is 5.72. The smallest absolute Gasteiger partial charge is 0.260 e. The topological polar surface area (TPSA) is 50.4 Å². The Morgan fingerprint density at radius 3 is 2.50 bits per heavy atom. The molecule has 4 nitrogen and oxygen atoms in total. The number of halogens is 2. The first-order chi connectivity index (χ1) is 15.5. The summed E-state index contributed by atoms with van der Waals surface area (Å²) in [5.74, 6) is 0.300. The third-order valence-corrected chi connectivity index (χ3v) is 6.60. The van der Waals surface area contributed by atoms with Crippen LogP contribution in [-0.2, 0) is 17.8 Å². The zero-order chi connectivity index (χ0) is 22.5. The molecular formula is C25H22BrFN2O2S. The highest BCUT2D eigenvalue weighted by Gasteiger charge is 2.27. The summed E-state index contributed by atoms with van der Waals surface area (Å²) >= 11 is 4.98. The number of ether oxygens (including phenoxy) is 1. The first-order valence-electron chi connectivity index (χ1n) is 10.2. The Hall–Kier alpha value is -2.77. The minimum atomic E-state index is -0.270. The average Bonchev–Trinajstić information content (AvgIpc) is 3.13. The molecule has 2 N–H and O–H groups in total. The first kappa shape index (κ1) is 22.4. The number of hydrogen-bond acceptors (Lipinski definition) is 4. The van der Waals surface area contributed by atoms with E-state index in [0.29, 0.717) is 17.3 Å². The van der Waals surface area contributed by atoms with Crippen LogP contribution in [0, 0.1) is 5.82 Å². The minimum absolute atomic E-state index is 0.106. The van der Waals surface area contributed by atoms with Crippen molar-refractivity contribution < 1.29 is 13.9 Å². The number of carbonyl (C=O) groups excluding carboxylic acids is 1. The second-order valence-electron chi connectivity index (χ2n) is 7.28. The van der Waals surface area contributed by atoms with E-state index in [-0.39, 0.29) is 17.2 Å². The van der Waals surface area contributed by atoms with Gasteiger partial charge in [-0.25, -0.2) is 4.39 Å². The van der Waals surface area contributed by atoms with Gasteiger partial charge < -0.3 is 15.4 Å². The molecule has 1 heterocycles. The Morgan fingerprint density at radius 1 is 1.09 bits per heavy atom. The number of rotatable bonds is 7. The van der Waals surface area contributed by atoms with E-state index in [1.807, 2.05) is 36.4 Å². The molecule has 32 heavy (non-hydrogen) atoms. The lowest BCUT2D eigenvalue weighted by Gasteiger charge is -2.12. The van der Waals surface area contributed by atoms with Gasteiger partial charge in [-0.2, -0.15) is 0 Å². The normalized spacial score (nSPS) is 16.8. The number of amides is 1. The highest BCUT2D eigenvalue weighted by atomic mass is 79.9. The molecule has 1 aliphatic rings. The van der Waals surface area contributed by atoms with Crippen molar-refractivity contribution in [1.82, 2.24) is 5.32 Å². The lowest BCUT2D eigenvalue weighted by atomic mass is 10.1. The lowest BCUT2D eigenvalue weighted by molar-refractivity contribution is -0.116. The number of benzene rings is 3. The van der Waals surface area contributed by atoms with Crippen molar-refractivity contribution in [3.05, 3.63) is 98.6 Å². The van der Waals surface area contributed by atoms with E-state index in [4.69, 9.17) is 4.74 Å². The molecule has 1 aliphatic heterocycles. The Labute approximate surface area is 199 Å². The van der Waals surface area contributed by atoms with Crippen LogP contribution in [0.25, 0.3) is 6.08 Å². The van der Waals surface area contributed by atoms with Crippen molar-refractivity contribution in [1.29, 1.82) is 0 Å². The van der Waals surface area contributed by atoms with E-state index in [2.05, 4.69) is 45.6 Å². The second-order valence-corrected chi connectivity index (χ2v) is 9.28. The molecule has 7 heteroatoms. The monoisotopic (exact) mass is 512 g/mol. The highest BCUT2D eigenvalue weighted by molar-refractivity contribution is 9.10. The highest BCUT2D eigenvalue weighted by Crippen LogP contribution is 2.32. The first-order valence-corrected chi connectivity index (χ1v) is 11.9. The van der Waals surface area contributed by atoms with E-state index in [1.165, 1.54) is 29.5 Å². The van der Waals surface area contributed by atoms with Gasteiger partial charge in [-0.15, -0.1) is 0 Å². The molecule has 164 valence electrons. The number of hydrogen-bond donors (Lipinski definition) is 2. The van der Waals surface area contributed by atoms with Gasteiger partial charge in [0, 0.05) is 5.69 Å². The molecule has 1 fully saturated rings. The average molecular weight is 513 g/mol. The van der Waals surface area contributed by atoms with E-state index in [1.54, 1.807) is 12.1 Å². The predicted octanol–water partition coefficient (Wildman–Crippen LogP) is 6.33. The largest absolute Gasteiger partial charge is 0.488 e. The van der Waals surface area contributed by atoms with Crippen molar-refractivity contribution in [2.45, 2.75) is 25.4 Å². The van der Waals surface area contributed by atoms with E-state index >= 15 is 0 Å². The standard InChI is InChI=1S/C25H22BrFN2O2S/c1-2-16-5-10-20(11-6-16)28-25-29-24(30)23(32-25)14-18-7-12-22(21(26)13-18)31-15-17-3-8-19(27)9-4-17/h3-14,25,28H,2,15H2,1H3,(H,29,30)/b23-14-/t25-/m0/s1. The minimum Gasteiger partial charge on any atom is -0.488 e. The van der Waals surface area contributed by atoms with Gasteiger partial charge in [0.1, 0.15) is 18.2 Å². The van der Waals surface area contributed by atoms with Gasteiger partial charge in [0.2, 0.25) is 0 Å². The van der Waals surface area contributed by atoms with Crippen molar-refractivity contribution >= 4 is 45.4 Å². The quantitative estimate of drug-likeness (QED) is 0.363. The molecule has 3 aromatic carbocycles. The molecule has 1 saturated heterocycles. The van der Waals surface area contributed by atoms with Crippen LogP contribution < -0.4 is 15.4 Å². The molecule has 0 aromatic heterocycles. The van der Waals surface area contributed by atoms with Crippen molar-refractivity contribution in [3.63, 3.8) is 0 Å². The SMILES string of the molecule is CCc1ccc(N[C@H]2NC(=O)/C(=C/c3ccc(OCc4ccc(F)cc4)c(Br)c3)S2)cc1. The Bertz CT molecular complexity index is 1130. The van der Waals surface area contributed by atoms with Crippen LogP contribution in [0.2, 0.25) is 0 Å². The summed E-state index contributed by atoms with van der Waals surface area (Å²) < 4.78 is 19.6. The van der Waals surface area contributed by atoms with Gasteiger partial charge in [0.15, 0.2) is 5.50 Å². The Kier molecular flexibility index (Phi) is 7.17. The zero-order valence-electron chi connectivity index (χ0n) is 17.4. The van der Waals surface area contributed by atoms with Gasteiger partial charge in [-0.1, -0.05) is 49.0 Å². The molecule has 4 rings (SSSR count). The molecule has 0 bridgehead atoms. The van der Waals surface area contributed by atoms with E-state index in [0.717, 1.165) is 27.7 Å². The van der Waals surface area contributed by atoms with Crippen molar-refractivity contribution in [3.8, 4) is 5.75 Å². The van der Waals surface area contributed by atoms with Crippen LogP contribution in [0.3, 0.4) is 0 Å². The fourth-order valence-corrected chi connectivity index (χ4v) is 4.67. The summed E-state index contributed by atoms with van der Waals surface area (Å²) in [5.41, 5.74) is 3.78. The van der Waals surface area contributed by atoms with Crippen molar-refractivity contribution in [2.75, 3.05) is 5.32 Å².